The minimum absolute atomic E-state index is 0.719. The van der Waals surface area contributed by atoms with Gasteiger partial charge in [-0.25, -0.2) is 0 Å². The lowest BCUT2D eigenvalue weighted by molar-refractivity contribution is 0.230. The van der Waals surface area contributed by atoms with Gasteiger partial charge in [-0.15, -0.1) is 0 Å². The van der Waals surface area contributed by atoms with Gasteiger partial charge in [0.05, 0.1) is 11.6 Å². The van der Waals surface area contributed by atoms with Crippen LogP contribution in [0.3, 0.4) is 0 Å². The summed E-state index contributed by atoms with van der Waals surface area (Å²) in [5.41, 5.74) is 2.00. The molecule has 3 nitrogen and oxygen atoms in total. The predicted molar refractivity (Wildman–Crippen MR) is 83.3 cm³/mol. The Bertz CT molecular complexity index is 517. The number of hydrogen-bond acceptors (Lipinski definition) is 3. The molecule has 1 aromatic carbocycles. The Labute approximate surface area is 129 Å². The molecule has 2 heterocycles. The van der Waals surface area contributed by atoms with Crippen LogP contribution >= 0.6 is 15.9 Å². The summed E-state index contributed by atoms with van der Waals surface area (Å²) in [4.78, 5) is 5.20. The summed E-state index contributed by atoms with van der Waals surface area (Å²) in [7, 11) is 0. The highest BCUT2D eigenvalue weighted by Crippen LogP contribution is 2.25. The Kier molecular flexibility index (Phi) is 4.40. The maximum Gasteiger partial charge on any atom is 0.0992 e. The van der Waals surface area contributed by atoms with Crippen LogP contribution in [-0.2, 0) is 6.54 Å². The van der Waals surface area contributed by atoms with Gasteiger partial charge in [0, 0.05) is 30.1 Å². The zero-order valence-electron chi connectivity index (χ0n) is 11.7. The summed E-state index contributed by atoms with van der Waals surface area (Å²) in [5, 5.41) is 8.91. The normalized spacial score (nSPS) is 24.1. The minimum Gasteiger partial charge on any atom is -0.299 e. The van der Waals surface area contributed by atoms with Gasteiger partial charge in [-0.3, -0.25) is 9.80 Å². The van der Waals surface area contributed by atoms with E-state index in [4.69, 9.17) is 5.26 Å². The number of rotatable bonds is 3. The van der Waals surface area contributed by atoms with Crippen molar-refractivity contribution in [1.82, 2.24) is 9.80 Å². The number of nitrogens with zero attached hydrogens (tertiary/aromatic N) is 3. The van der Waals surface area contributed by atoms with E-state index in [0.29, 0.717) is 0 Å². The smallest absolute Gasteiger partial charge is 0.0992 e. The second-order valence-corrected chi connectivity index (χ2v) is 6.69. The lowest BCUT2D eigenvalue weighted by Crippen LogP contribution is -2.35. The van der Waals surface area contributed by atoms with Crippen molar-refractivity contribution in [3.8, 4) is 6.07 Å². The largest absolute Gasteiger partial charge is 0.299 e. The summed E-state index contributed by atoms with van der Waals surface area (Å²) in [6.07, 6.45) is 4.04. The Balaban J connectivity index is 1.60. The average Bonchev–Trinajstić information content (AvgIpc) is 3.11. The van der Waals surface area contributed by atoms with Crippen LogP contribution in [0, 0.1) is 11.3 Å². The van der Waals surface area contributed by atoms with E-state index in [2.05, 4.69) is 37.9 Å². The Hall–Kier alpha value is -0.890. The quantitative estimate of drug-likeness (QED) is 0.851. The number of benzene rings is 1. The van der Waals surface area contributed by atoms with Gasteiger partial charge >= 0.3 is 0 Å². The van der Waals surface area contributed by atoms with E-state index in [1.165, 1.54) is 51.0 Å². The third-order valence-corrected chi connectivity index (χ3v) is 5.22. The van der Waals surface area contributed by atoms with Gasteiger partial charge in [0.15, 0.2) is 0 Å². The van der Waals surface area contributed by atoms with Crippen LogP contribution in [0.2, 0.25) is 0 Å². The molecule has 0 saturated carbocycles. The van der Waals surface area contributed by atoms with Crippen LogP contribution in [0.4, 0.5) is 0 Å². The molecule has 0 bridgehead atoms. The Morgan fingerprint density at radius 3 is 2.75 bits per heavy atom. The monoisotopic (exact) mass is 333 g/mol. The molecule has 1 atom stereocenters. The number of likely N-dealkylation sites (tertiary alicyclic amines) is 2. The highest BCUT2D eigenvalue weighted by molar-refractivity contribution is 9.10. The van der Waals surface area contributed by atoms with E-state index in [1.807, 2.05) is 12.1 Å². The first-order valence-corrected chi connectivity index (χ1v) is 8.20. The lowest BCUT2D eigenvalue weighted by Gasteiger charge is -2.24. The van der Waals surface area contributed by atoms with E-state index in [-0.39, 0.29) is 0 Å². The van der Waals surface area contributed by atoms with Gasteiger partial charge in [-0.05, 0) is 50.0 Å². The van der Waals surface area contributed by atoms with E-state index in [0.717, 1.165) is 22.6 Å². The molecular formula is C16H20BrN3. The predicted octanol–water partition coefficient (Wildman–Crippen LogP) is 2.99. The van der Waals surface area contributed by atoms with Crippen LogP contribution in [-0.4, -0.2) is 42.0 Å². The Morgan fingerprint density at radius 2 is 2.05 bits per heavy atom. The first kappa shape index (κ1) is 14.1. The number of halogens is 1. The van der Waals surface area contributed by atoms with Gasteiger partial charge in [0.2, 0.25) is 0 Å². The molecule has 0 aromatic heterocycles. The third kappa shape index (κ3) is 3.06. The molecule has 3 rings (SSSR count). The SMILES string of the molecule is N#Cc1ccc(CN2CC[C@H](N3CCCC3)C2)c(Br)c1. The summed E-state index contributed by atoms with van der Waals surface area (Å²) >= 11 is 3.59. The summed E-state index contributed by atoms with van der Waals surface area (Å²) in [6, 6.07) is 8.85. The molecule has 4 heteroatoms. The van der Waals surface area contributed by atoms with Crippen LogP contribution in [0.15, 0.2) is 22.7 Å². The van der Waals surface area contributed by atoms with Crippen molar-refractivity contribution >= 4 is 15.9 Å². The van der Waals surface area contributed by atoms with Crippen LogP contribution in [0.1, 0.15) is 30.4 Å². The molecule has 0 aliphatic carbocycles. The topological polar surface area (TPSA) is 30.3 Å². The van der Waals surface area contributed by atoms with Crippen molar-refractivity contribution in [1.29, 1.82) is 5.26 Å². The van der Waals surface area contributed by atoms with Gasteiger partial charge in [0.25, 0.3) is 0 Å². The highest BCUT2D eigenvalue weighted by Gasteiger charge is 2.29. The summed E-state index contributed by atoms with van der Waals surface area (Å²) in [5.74, 6) is 0. The number of hydrogen-bond donors (Lipinski definition) is 0. The van der Waals surface area contributed by atoms with Gasteiger partial charge in [0.1, 0.15) is 0 Å². The van der Waals surface area contributed by atoms with E-state index in [1.54, 1.807) is 0 Å². The molecular weight excluding hydrogens is 314 g/mol. The molecule has 2 aliphatic rings. The maximum absolute atomic E-state index is 8.91. The minimum atomic E-state index is 0.719. The van der Waals surface area contributed by atoms with Crippen molar-refractivity contribution in [3.05, 3.63) is 33.8 Å². The third-order valence-electron chi connectivity index (χ3n) is 4.48. The van der Waals surface area contributed by atoms with Crippen molar-refractivity contribution in [3.63, 3.8) is 0 Å². The fourth-order valence-corrected chi connectivity index (χ4v) is 3.85. The van der Waals surface area contributed by atoms with Gasteiger partial charge in [-0.2, -0.15) is 5.26 Å². The van der Waals surface area contributed by atoms with Gasteiger partial charge in [-0.1, -0.05) is 22.0 Å². The lowest BCUT2D eigenvalue weighted by atomic mass is 10.1. The molecule has 0 radical (unpaired) electrons. The van der Waals surface area contributed by atoms with Crippen LogP contribution in [0.25, 0.3) is 0 Å². The van der Waals surface area contributed by atoms with E-state index >= 15 is 0 Å². The molecule has 0 spiro atoms. The molecule has 0 N–H and O–H groups in total. The van der Waals surface area contributed by atoms with Crippen molar-refractivity contribution in [2.24, 2.45) is 0 Å². The summed E-state index contributed by atoms with van der Waals surface area (Å²) < 4.78 is 1.06. The second-order valence-electron chi connectivity index (χ2n) is 5.84. The fourth-order valence-electron chi connectivity index (χ4n) is 3.35. The average molecular weight is 334 g/mol. The molecule has 20 heavy (non-hydrogen) atoms. The van der Waals surface area contributed by atoms with Crippen molar-refractivity contribution < 1.29 is 0 Å². The first-order chi connectivity index (χ1) is 9.76. The Morgan fingerprint density at radius 1 is 1.25 bits per heavy atom. The molecule has 1 aromatic rings. The second kappa shape index (κ2) is 6.26. The molecule has 2 fully saturated rings. The van der Waals surface area contributed by atoms with Crippen LogP contribution in [0.5, 0.6) is 0 Å². The molecule has 106 valence electrons. The van der Waals surface area contributed by atoms with Crippen molar-refractivity contribution in [2.45, 2.75) is 31.8 Å². The summed E-state index contributed by atoms with van der Waals surface area (Å²) in [6.45, 7) is 5.94. The maximum atomic E-state index is 8.91. The van der Waals surface area contributed by atoms with Crippen molar-refractivity contribution in [2.75, 3.05) is 26.2 Å². The fraction of sp³-hybridized carbons (Fsp3) is 0.562. The zero-order valence-corrected chi connectivity index (χ0v) is 13.3. The zero-order chi connectivity index (χ0) is 13.9. The van der Waals surface area contributed by atoms with E-state index in [9.17, 15) is 0 Å². The molecule has 2 saturated heterocycles. The van der Waals surface area contributed by atoms with E-state index < -0.39 is 0 Å². The molecule has 2 aliphatic heterocycles. The number of nitriles is 1. The first-order valence-electron chi connectivity index (χ1n) is 7.41. The highest BCUT2D eigenvalue weighted by atomic mass is 79.9. The van der Waals surface area contributed by atoms with Gasteiger partial charge < -0.3 is 0 Å². The molecule has 0 unspecified atom stereocenters. The molecule has 0 amide bonds. The van der Waals surface area contributed by atoms with Crippen LogP contribution < -0.4 is 0 Å². The standard InChI is InChI=1S/C16H20BrN3/c17-16-9-13(10-18)3-4-14(16)11-19-8-5-15(12-19)20-6-1-2-7-20/h3-4,9,15H,1-2,5-8,11-12H2/t15-/m0/s1.